The highest BCUT2D eigenvalue weighted by Gasteiger charge is 2.23. The molecule has 0 saturated carbocycles. The van der Waals surface area contributed by atoms with Crippen LogP contribution in [0.4, 0.5) is 5.69 Å². The third-order valence-corrected chi connectivity index (χ3v) is 4.26. The van der Waals surface area contributed by atoms with E-state index in [2.05, 4.69) is 5.32 Å². The van der Waals surface area contributed by atoms with Crippen LogP contribution in [0.15, 0.2) is 42.5 Å². The second-order valence-electron chi connectivity index (χ2n) is 5.92. The first-order valence-electron chi connectivity index (χ1n) is 8.27. The average molecular weight is 407 g/mol. The first-order valence-corrected chi connectivity index (χ1v) is 8.64. The molecule has 0 fully saturated rings. The number of halogens is 1. The molecular weight excluding hydrogens is 388 g/mol. The van der Waals surface area contributed by atoms with Crippen molar-refractivity contribution in [2.45, 2.75) is 18.9 Å². The SMILES string of the molecule is COC(=O)[C@@H](Cc1ccc(OC)c(Cl)c1)NC(=O)Cc1cccc([N+](=O)[O-])c1. The molecule has 0 aromatic heterocycles. The highest BCUT2D eigenvalue weighted by atomic mass is 35.5. The van der Waals surface area contributed by atoms with E-state index in [0.29, 0.717) is 21.9 Å². The summed E-state index contributed by atoms with van der Waals surface area (Å²) in [6.45, 7) is 0. The van der Waals surface area contributed by atoms with Gasteiger partial charge < -0.3 is 14.8 Å². The Morgan fingerprint density at radius 2 is 1.93 bits per heavy atom. The molecular formula is C19H19ClN2O6. The molecule has 1 amide bonds. The predicted molar refractivity (Wildman–Crippen MR) is 102 cm³/mol. The normalized spacial score (nSPS) is 11.4. The van der Waals surface area contributed by atoms with Crippen molar-refractivity contribution in [1.29, 1.82) is 0 Å². The fourth-order valence-corrected chi connectivity index (χ4v) is 2.90. The number of benzene rings is 2. The molecule has 1 atom stereocenters. The van der Waals surface area contributed by atoms with Crippen LogP contribution < -0.4 is 10.1 Å². The number of rotatable bonds is 8. The number of ether oxygens (including phenoxy) is 2. The number of nitrogens with zero attached hydrogens (tertiary/aromatic N) is 1. The molecule has 0 spiro atoms. The second-order valence-corrected chi connectivity index (χ2v) is 6.33. The van der Waals surface area contributed by atoms with Gasteiger partial charge in [0.1, 0.15) is 11.8 Å². The van der Waals surface area contributed by atoms with Crippen LogP contribution in [0.1, 0.15) is 11.1 Å². The zero-order valence-electron chi connectivity index (χ0n) is 15.3. The first-order chi connectivity index (χ1) is 13.3. The number of hydrogen-bond donors (Lipinski definition) is 1. The molecule has 0 unspecified atom stereocenters. The number of nitrogens with one attached hydrogen (secondary N) is 1. The number of carbonyl (C=O) groups excluding carboxylic acids is 2. The lowest BCUT2D eigenvalue weighted by atomic mass is 10.0. The molecule has 0 radical (unpaired) electrons. The molecule has 0 heterocycles. The summed E-state index contributed by atoms with van der Waals surface area (Å²) in [5.41, 5.74) is 1.06. The number of nitro groups is 1. The Hall–Kier alpha value is -3.13. The molecule has 28 heavy (non-hydrogen) atoms. The first kappa shape index (κ1) is 21.2. The highest BCUT2D eigenvalue weighted by molar-refractivity contribution is 6.32. The maximum absolute atomic E-state index is 12.3. The van der Waals surface area contributed by atoms with E-state index in [1.807, 2.05) is 0 Å². The molecule has 9 heteroatoms. The molecule has 0 saturated heterocycles. The number of nitro benzene ring substituents is 1. The van der Waals surface area contributed by atoms with Gasteiger partial charge in [-0.2, -0.15) is 0 Å². The van der Waals surface area contributed by atoms with Crippen LogP contribution in [0.25, 0.3) is 0 Å². The van der Waals surface area contributed by atoms with E-state index in [-0.39, 0.29) is 18.5 Å². The monoisotopic (exact) mass is 406 g/mol. The average Bonchev–Trinajstić information content (AvgIpc) is 2.67. The lowest BCUT2D eigenvalue weighted by Crippen LogP contribution is -2.43. The topological polar surface area (TPSA) is 108 Å². The van der Waals surface area contributed by atoms with Gasteiger partial charge in [0, 0.05) is 18.6 Å². The van der Waals surface area contributed by atoms with Crippen molar-refractivity contribution in [2.24, 2.45) is 0 Å². The van der Waals surface area contributed by atoms with Gasteiger partial charge in [0.05, 0.1) is 30.6 Å². The molecule has 0 bridgehead atoms. The summed E-state index contributed by atoms with van der Waals surface area (Å²) in [6.07, 6.45) is 0.0512. The van der Waals surface area contributed by atoms with Gasteiger partial charge >= 0.3 is 5.97 Å². The van der Waals surface area contributed by atoms with Gasteiger partial charge in [-0.05, 0) is 23.3 Å². The molecule has 0 aliphatic heterocycles. The Balaban J connectivity index is 2.10. The van der Waals surface area contributed by atoms with E-state index < -0.39 is 22.8 Å². The Labute approximate surface area is 166 Å². The van der Waals surface area contributed by atoms with Gasteiger partial charge in [-0.1, -0.05) is 29.8 Å². The second kappa shape index (κ2) is 9.70. The summed E-state index contributed by atoms with van der Waals surface area (Å²) in [5.74, 6) is -0.579. The Kier molecular flexibility index (Phi) is 7.34. The van der Waals surface area contributed by atoms with E-state index in [1.54, 1.807) is 24.3 Å². The number of methoxy groups -OCH3 is 2. The summed E-state index contributed by atoms with van der Waals surface area (Å²) >= 11 is 6.10. The maximum Gasteiger partial charge on any atom is 0.328 e. The molecule has 148 valence electrons. The Bertz CT molecular complexity index is 886. The summed E-state index contributed by atoms with van der Waals surface area (Å²) in [5, 5.41) is 13.8. The third-order valence-electron chi connectivity index (χ3n) is 3.96. The van der Waals surface area contributed by atoms with Crippen molar-refractivity contribution in [2.75, 3.05) is 14.2 Å². The van der Waals surface area contributed by atoms with Gasteiger partial charge in [0.15, 0.2) is 0 Å². The number of non-ortho nitro benzene ring substituents is 1. The quantitative estimate of drug-likeness (QED) is 0.410. The highest BCUT2D eigenvalue weighted by Crippen LogP contribution is 2.25. The molecule has 2 aromatic rings. The largest absolute Gasteiger partial charge is 0.495 e. The van der Waals surface area contributed by atoms with E-state index in [0.717, 1.165) is 0 Å². The molecule has 0 aliphatic rings. The van der Waals surface area contributed by atoms with Gasteiger partial charge in [0.2, 0.25) is 5.91 Å². The standard InChI is InChI=1S/C19H19ClN2O6/c1-27-17-7-6-13(9-15(17)20)10-16(19(24)28-2)21-18(23)11-12-4-3-5-14(8-12)22(25)26/h3-9,16H,10-11H2,1-2H3,(H,21,23)/t16-/m1/s1. The van der Waals surface area contributed by atoms with Gasteiger partial charge in [-0.15, -0.1) is 0 Å². The number of amides is 1. The summed E-state index contributed by atoms with van der Waals surface area (Å²) in [6, 6.07) is 9.86. The van der Waals surface area contributed by atoms with Crippen LogP contribution >= 0.6 is 11.6 Å². The van der Waals surface area contributed by atoms with Crippen LogP contribution in [-0.4, -0.2) is 37.1 Å². The lowest BCUT2D eigenvalue weighted by molar-refractivity contribution is -0.384. The molecule has 2 aromatic carbocycles. The van der Waals surface area contributed by atoms with Crippen molar-refractivity contribution in [3.05, 3.63) is 68.7 Å². The summed E-state index contributed by atoms with van der Waals surface area (Å²) in [7, 11) is 2.72. The Morgan fingerprint density at radius 1 is 1.18 bits per heavy atom. The van der Waals surface area contributed by atoms with Gasteiger partial charge in [-0.25, -0.2) is 4.79 Å². The lowest BCUT2D eigenvalue weighted by Gasteiger charge is -2.17. The van der Waals surface area contributed by atoms with E-state index in [9.17, 15) is 19.7 Å². The van der Waals surface area contributed by atoms with Crippen LogP contribution in [-0.2, 0) is 27.2 Å². The van der Waals surface area contributed by atoms with Crippen LogP contribution in [0.5, 0.6) is 5.75 Å². The minimum atomic E-state index is -0.930. The number of hydrogen-bond acceptors (Lipinski definition) is 6. The molecule has 0 aliphatic carbocycles. The van der Waals surface area contributed by atoms with Crippen molar-refractivity contribution >= 4 is 29.2 Å². The predicted octanol–water partition coefficient (Wildman–Crippen LogP) is 2.70. The van der Waals surface area contributed by atoms with Crippen molar-refractivity contribution in [3.8, 4) is 5.75 Å². The smallest absolute Gasteiger partial charge is 0.328 e. The van der Waals surface area contributed by atoms with Crippen molar-refractivity contribution in [3.63, 3.8) is 0 Å². The zero-order valence-corrected chi connectivity index (χ0v) is 16.1. The number of esters is 1. The molecule has 1 N–H and O–H groups in total. The van der Waals surface area contributed by atoms with E-state index >= 15 is 0 Å². The van der Waals surface area contributed by atoms with E-state index in [4.69, 9.17) is 21.1 Å². The van der Waals surface area contributed by atoms with Crippen molar-refractivity contribution in [1.82, 2.24) is 5.32 Å². The van der Waals surface area contributed by atoms with Crippen LogP contribution in [0, 0.1) is 10.1 Å². The minimum absolute atomic E-state index is 0.109. The van der Waals surface area contributed by atoms with Crippen LogP contribution in [0.3, 0.4) is 0 Å². The minimum Gasteiger partial charge on any atom is -0.495 e. The Morgan fingerprint density at radius 3 is 2.54 bits per heavy atom. The van der Waals surface area contributed by atoms with E-state index in [1.165, 1.54) is 32.4 Å². The number of carbonyl (C=O) groups is 2. The summed E-state index contributed by atoms with van der Waals surface area (Å²) in [4.78, 5) is 34.7. The van der Waals surface area contributed by atoms with Crippen LogP contribution in [0.2, 0.25) is 5.02 Å². The summed E-state index contributed by atoms with van der Waals surface area (Å²) < 4.78 is 9.85. The zero-order chi connectivity index (χ0) is 20.7. The van der Waals surface area contributed by atoms with Gasteiger partial charge in [0.25, 0.3) is 5.69 Å². The maximum atomic E-state index is 12.3. The fourth-order valence-electron chi connectivity index (χ4n) is 2.62. The van der Waals surface area contributed by atoms with Gasteiger partial charge in [-0.3, -0.25) is 14.9 Å². The van der Waals surface area contributed by atoms with Crippen molar-refractivity contribution < 1.29 is 24.0 Å². The molecule has 2 rings (SSSR count). The third kappa shape index (κ3) is 5.68. The molecule has 8 nitrogen and oxygen atoms in total. The fraction of sp³-hybridized carbons (Fsp3) is 0.263.